The minimum atomic E-state index is -0.211. The average Bonchev–Trinajstić information content (AvgIpc) is 3.03. The van der Waals surface area contributed by atoms with E-state index in [9.17, 15) is 9.59 Å². The lowest BCUT2D eigenvalue weighted by atomic mass is 10.2. The van der Waals surface area contributed by atoms with E-state index >= 15 is 0 Å². The summed E-state index contributed by atoms with van der Waals surface area (Å²) in [5, 5.41) is 2.82. The van der Waals surface area contributed by atoms with Gasteiger partial charge in [0.25, 0.3) is 0 Å². The average molecular weight is 306 g/mol. The van der Waals surface area contributed by atoms with Gasteiger partial charge in [0.1, 0.15) is 12.3 Å². The first-order chi connectivity index (χ1) is 10.6. The molecule has 1 aliphatic heterocycles. The maximum atomic E-state index is 12.1. The van der Waals surface area contributed by atoms with E-state index in [0.29, 0.717) is 18.0 Å². The molecule has 1 heterocycles. The minimum absolute atomic E-state index is 0.0393. The Hall–Kier alpha value is -2.08. The highest BCUT2D eigenvalue weighted by atomic mass is 16.5. The molecular weight excluding hydrogens is 284 g/mol. The molecule has 1 aromatic carbocycles. The van der Waals surface area contributed by atoms with Gasteiger partial charge in [-0.05, 0) is 25.0 Å². The molecule has 1 aliphatic rings. The SMILES string of the molecule is COc1ccccc1N(CC(=O)NCC1CCCO1)C(C)=O. The van der Waals surface area contributed by atoms with Gasteiger partial charge in [0, 0.05) is 20.1 Å². The van der Waals surface area contributed by atoms with Crippen molar-refractivity contribution in [3.05, 3.63) is 24.3 Å². The number of nitrogens with zero attached hydrogens (tertiary/aromatic N) is 1. The maximum Gasteiger partial charge on any atom is 0.240 e. The maximum absolute atomic E-state index is 12.1. The number of para-hydroxylation sites is 2. The molecule has 0 aromatic heterocycles. The summed E-state index contributed by atoms with van der Waals surface area (Å²) in [6.07, 6.45) is 2.07. The molecule has 6 heteroatoms. The van der Waals surface area contributed by atoms with Gasteiger partial charge in [-0.3, -0.25) is 14.5 Å². The molecule has 6 nitrogen and oxygen atoms in total. The van der Waals surface area contributed by atoms with Crippen molar-refractivity contribution < 1.29 is 19.1 Å². The fourth-order valence-electron chi connectivity index (χ4n) is 2.45. The monoisotopic (exact) mass is 306 g/mol. The Bertz CT molecular complexity index is 527. The predicted octanol–water partition coefficient (Wildman–Crippen LogP) is 1.34. The third kappa shape index (κ3) is 4.21. The number of nitrogens with one attached hydrogen (secondary N) is 1. The number of benzene rings is 1. The fourth-order valence-corrected chi connectivity index (χ4v) is 2.45. The van der Waals surface area contributed by atoms with Gasteiger partial charge in [0.2, 0.25) is 11.8 Å². The Labute approximate surface area is 130 Å². The number of anilines is 1. The Balaban J connectivity index is 1.99. The molecule has 1 N–H and O–H groups in total. The molecule has 1 atom stereocenters. The van der Waals surface area contributed by atoms with Gasteiger partial charge in [-0.1, -0.05) is 12.1 Å². The summed E-state index contributed by atoms with van der Waals surface area (Å²) in [6, 6.07) is 7.14. The zero-order valence-electron chi connectivity index (χ0n) is 13.0. The Kier molecular flexibility index (Phi) is 5.77. The predicted molar refractivity (Wildman–Crippen MR) is 83.0 cm³/mol. The van der Waals surface area contributed by atoms with Crippen LogP contribution >= 0.6 is 0 Å². The molecule has 2 amide bonds. The first-order valence-corrected chi connectivity index (χ1v) is 7.41. The zero-order chi connectivity index (χ0) is 15.9. The van der Waals surface area contributed by atoms with E-state index in [1.165, 1.54) is 18.9 Å². The van der Waals surface area contributed by atoms with Crippen molar-refractivity contribution in [2.45, 2.75) is 25.9 Å². The molecular formula is C16H22N2O4. The molecule has 1 aromatic rings. The van der Waals surface area contributed by atoms with E-state index in [1.807, 2.05) is 6.07 Å². The first kappa shape index (κ1) is 16.3. The molecule has 2 rings (SSSR count). The molecule has 0 aliphatic carbocycles. The third-order valence-electron chi connectivity index (χ3n) is 3.61. The molecule has 0 radical (unpaired) electrons. The molecule has 1 fully saturated rings. The molecule has 1 unspecified atom stereocenters. The van der Waals surface area contributed by atoms with Crippen LogP contribution in [0.5, 0.6) is 5.75 Å². The van der Waals surface area contributed by atoms with Crippen LogP contribution in [0.2, 0.25) is 0 Å². The second-order valence-electron chi connectivity index (χ2n) is 5.22. The molecule has 0 bridgehead atoms. The van der Waals surface area contributed by atoms with Gasteiger partial charge in [0.05, 0.1) is 18.9 Å². The number of amides is 2. The highest BCUT2D eigenvalue weighted by molar-refractivity contribution is 5.98. The second-order valence-corrected chi connectivity index (χ2v) is 5.22. The third-order valence-corrected chi connectivity index (χ3v) is 3.61. The standard InChI is InChI=1S/C16H22N2O4/c1-12(19)18(14-7-3-4-8-15(14)21-2)11-16(20)17-10-13-6-5-9-22-13/h3-4,7-8,13H,5-6,9-11H2,1-2H3,(H,17,20). The van der Waals surface area contributed by atoms with E-state index in [2.05, 4.69) is 5.32 Å². The summed E-state index contributed by atoms with van der Waals surface area (Å²) in [4.78, 5) is 25.4. The Morgan fingerprint density at radius 3 is 2.82 bits per heavy atom. The van der Waals surface area contributed by atoms with E-state index < -0.39 is 0 Å². The fraction of sp³-hybridized carbons (Fsp3) is 0.500. The number of carbonyl (C=O) groups is 2. The Morgan fingerprint density at radius 2 is 2.18 bits per heavy atom. The van der Waals surface area contributed by atoms with Gasteiger partial charge in [-0.2, -0.15) is 0 Å². The van der Waals surface area contributed by atoms with Crippen molar-refractivity contribution in [2.75, 3.05) is 31.7 Å². The van der Waals surface area contributed by atoms with Gasteiger partial charge in [-0.15, -0.1) is 0 Å². The van der Waals surface area contributed by atoms with Crippen LogP contribution in [0.15, 0.2) is 24.3 Å². The summed E-state index contributed by atoms with van der Waals surface area (Å²) in [7, 11) is 1.54. The highest BCUT2D eigenvalue weighted by Crippen LogP contribution is 2.27. The van der Waals surface area contributed by atoms with E-state index in [0.717, 1.165) is 19.4 Å². The molecule has 1 saturated heterocycles. The van der Waals surface area contributed by atoms with Crippen LogP contribution in [-0.4, -0.2) is 44.7 Å². The van der Waals surface area contributed by atoms with Crippen LogP contribution in [0.4, 0.5) is 5.69 Å². The smallest absolute Gasteiger partial charge is 0.240 e. The zero-order valence-corrected chi connectivity index (χ0v) is 13.0. The van der Waals surface area contributed by atoms with Crippen molar-refractivity contribution in [3.63, 3.8) is 0 Å². The van der Waals surface area contributed by atoms with Crippen LogP contribution in [0.3, 0.4) is 0 Å². The molecule has 120 valence electrons. The van der Waals surface area contributed by atoms with Gasteiger partial charge < -0.3 is 14.8 Å². The number of ether oxygens (including phenoxy) is 2. The second kappa shape index (κ2) is 7.79. The largest absolute Gasteiger partial charge is 0.495 e. The van der Waals surface area contributed by atoms with E-state index in [4.69, 9.17) is 9.47 Å². The Morgan fingerprint density at radius 1 is 1.41 bits per heavy atom. The summed E-state index contributed by atoms with van der Waals surface area (Å²) in [5.41, 5.74) is 0.588. The molecule has 22 heavy (non-hydrogen) atoms. The van der Waals surface area contributed by atoms with Crippen molar-refractivity contribution in [1.29, 1.82) is 0 Å². The number of methoxy groups -OCH3 is 1. The lowest BCUT2D eigenvalue weighted by molar-refractivity contribution is -0.123. The minimum Gasteiger partial charge on any atom is -0.495 e. The van der Waals surface area contributed by atoms with Crippen LogP contribution in [0, 0.1) is 0 Å². The lowest BCUT2D eigenvalue weighted by Gasteiger charge is -2.23. The van der Waals surface area contributed by atoms with Crippen molar-refractivity contribution in [2.24, 2.45) is 0 Å². The topological polar surface area (TPSA) is 67.9 Å². The van der Waals surface area contributed by atoms with Crippen LogP contribution in [-0.2, 0) is 14.3 Å². The summed E-state index contributed by atoms with van der Waals surface area (Å²) in [6.45, 7) is 2.63. The summed E-state index contributed by atoms with van der Waals surface area (Å²) < 4.78 is 10.7. The van der Waals surface area contributed by atoms with Gasteiger partial charge >= 0.3 is 0 Å². The van der Waals surface area contributed by atoms with Crippen molar-refractivity contribution in [1.82, 2.24) is 5.32 Å². The van der Waals surface area contributed by atoms with E-state index in [1.54, 1.807) is 18.2 Å². The van der Waals surface area contributed by atoms with Crippen molar-refractivity contribution >= 4 is 17.5 Å². The number of hydrogen-bond acceptors (Lipinski definition) is 4. The van der Waals surface area contributed by atoms with E-state index in [-0.39, 0.29) is 24.5 Å². The quantitative estimate of drug-likeness (QED) is 0.861. The number of hydrogen-bond donors (Lipinski definition) is 1. The summed E-state index contributed by atoms with van der Waals surface area (Å²) >= 11 is 0. The summed E-state index contributed by atoms with van der Waals surface area (Å²) in [5.74, 6) is 0.137. The molecule has 0 spiro atoms. The van der Waals surface area contributed by atoms with Gasteiger partial charge in [0.15, 0.2) is 0 Å². The van der Waals surface area contributed by atoms with Gasteiger partial charge in [-0.25, -0.2) is 0 Å². The number of rotatable bonds is 6. The molecule has 0 saturated carbocycles. The van der Waals surface area contributed by atoms with Crippen LogP contribution in [0.25, 0.3) is 0 Å². The van der Waals surface area contributed by atoms with Crippen molar-refractivity contribution in [3.8, 4) is 5.75 Å². The highest BCUT2D eigenvalue weighted by Gasteiger charge is 2.21. The normalized spacial score (nSPS) is 17.1. The van der Waals surface area contributed by atoms with Crippen LogP contribution in [0.1, 0.15) is 19.8 Å². The van der Waals surface area contributed by atoms with Crippen LogP contribution < -0.4 is 15.0 Å². The first-order valence-electron chi connectivity index (χ1n) is 7.41. The lowest BCUT2D eigenvalue weighted by Crippen LogP contribution is -2.42. The number of carbonyl (C=O) groups excluding carboxylic acids is 2.